The van der Waals surface area contributed by atoms with Crippen molar-refractivity contribution < 1.29 is 9.48 Å². The molecule has 0 bridgehead atoms. The second kappa shape index (κ2) is 6.12. The normalized spacial score (nSPS) is 10.6. The van der Waals surface area contributed by atoms with Crippen LogP contribution in [0.3, 0.4) is 0 Å². The maximum atomic E-state index is 12.2. The average Bonchev–Trinajstić information content (AvgIpc) is 2.51. The van der Waals surface area contributed by atoms with Crippen molar-refractivity contribution in [1.29, 1.82) is 0 Å². The Hall–Kier alpha value is -2.46. The van der Waals surface area contributed by atoms with Crippen molar-refractivity contribution in [2.45, 2.75) is 13.5 Å². The van der Waals surface area contributed by atoms with Crippen LogP contribution >= 0.6 is 11.6 Å². The number of fused-ring (bicyclic) bond motifs is 1. The first-order valence-electron chi connectivity index (χ1n) is 6.93. The minimum atomic E-state index is -0.163. The molecule has 1 aromatic heterocycles. The molecule has 0 saturated heterocycles. The number of hydrogen-bond donors (Lipinski definition) is 1. The second-order valence-electron chi connectivity index (χ2n) is 5.08. The molecule has 0 radical (unpaired) electrons. The molecular weight excluding hydrogens is 298 g/mol. The van der Waals surface area contributed by atoms with Gasteiger partial charge in [-0.25, -0.2) is 0 Å². The summed E-state index contributed by atoms with van der Waals surface area (Å²) in [4.78, 5) is 12.2. The topological polar surface area (TPSA) is 45.9 Å². The summed E-state index contributed by atoms with van der Waals surface area (Å²) in [6.45, 7) is 2.04. The van der Waals surface area contributed by atoms with Crippen LogP contribution in [0.15, 0.2) is 54.9 Å². The van der Waals surface area contributed by atoms with E-state index in [1.54, 1.807) is 16.9 Å². The van der Waals surface area contributed by atoms with Crippen LogP contribution in [-0.4, -0.2) is 11.0 Å². The molecular formula is C17H15ClN3O+. The highest BCUT2D eigenvalue weighted by Gasteiger charge is 2.14. The van der Waals surface area contributed by atoms with Gasteiger partial charge < -0.3 is 5.32 Å². The van der Waals surface area contributed by atoms with Crippen molar-refractivity contribution in [3.63, 3.8) is 0 Å². The van der Waals surface area contributed by atoms with Crippen LogP contribution in [0.5, 0.6) is 0 Å². The van der Waals surface area contributed by atoms with Crippen LogP contribution in [0.4, 0.5) is 5.69 Å². The molecule has 5 heteroatoms. The highest BCUT2D eigenvalue weighted by atomic mass is 35.5. The lowest BCUT2D eigenvalue weighted by atomic mass is 10.2. The summed E-state index contributed by atoms with van der Waals surface area (Å²) in [5.74, 6) is -0.163. The van der Waals surface area contributed by atoms with E-state index in [-0.39, 0.29) is 12.5 Å². The van der Waals surface area contributed by atoms with Gasteiger partial charge in [0.05, 0.1) is 10.7 Å². The molecule has 0 unspecified atom stereocenters. The first kappa shape index (κ1) is 14.5. The fraction of sp³-hybridized carbons (Fsp3) is 0.118. The van der Waals surface area contributed by atoms with E-state index in [1.165, 1.54) is 0 Å². The third-order valence-electron chi connectivity index (χ3n) is 3.42. The number of aromatic nitrogens is 2. The number of amides is 1. The monoisotopic (exact) mass is 312 g/mol. The number of benzene rings is 2. The van der Waals surface area contributed by atoms with E-state index < -0.39 is 0 Å². The zero-order valence-corrected chi connectivity index (χ0v) is 12.8. The number of carbonyl (C=O) groups is 1. The lowest BCUT2D eigenvalue weighted by Gasteiger charge is -2.08. The number of carbonyl (C=O) groups excluding carboxylic acids is 1. The van der Waals surface area contributed by atoms with E-state index in [0.717, 1.165) is 16.3 Å². The van der Waals surface area contributed by atoms with Crippen molar-refractivity contribution in [3.05, 3.63) is 65.4 Å². The van der Waals surface area contributed by atoms with Gasteiger partial charge in [0.25, 0.3) is 12.5 Å². The molecule has 0 saturated carbocycles. The molecule has 4 nitrogen and oxygen atoms in total. The molecule has 2 aromatic carbocycles. The van der Waals surface area contributed by atoms with Gasteiger partial charge >= 0.3 is 0 Å². The van der Waals surface area contributed by atoms with E-state index in [0.29, 0.717) is 10.7 Å². The number of para-hydroxylation sites is 1. The fourth-order valence-corrected chi connectivity index (χ4v) is 2.55. The Labute approximate surface area is 133 Å². The molecule has 0 aliphatic carbocycles. The SMILES string of the molecule is Cc1cccc(Cl)c1NC(=O)C[n+]1cc2ccccc2cn1. The minimum Gasteiger partial charge on any atom is -0.319 e. The highest BCUT2D eigenvalue weighted by molar-refractivity contribution is 6.33. The first-order valence-corrected chi connectivity index (χ1v) is 7.31. The Bertz CT molecular complexity index is 828. The Kier molecular flexibility index (Phi) is 4.02. The molecule has 3 aromatic rings. The molecule has 0 aliphatic rings. The average molecular weight is 313 g/mol. The molecule has 0 aliphatic heterocycles. The Morgan fingerprint density at radius 3 is 2.73 bits per heavy atom. The van der Waals surface area contributed by atoms with Gasteiger partial charge in [0, 0.05) is 10.8 Å². The fourth-order valence-electron chi connectivity index (χ4n) is 2.28. The van der Waals surface area contributed by atoms with Crippen molar-refractivity contribution in [3.8, 4) is 0 Å². The Balaban J connectivity index is 1.78. The summed E-state index contributed by atoms with van der Waals surface area (Å²) in [7, 11) is 0. The molecule has 0 spiro atoms. The summed E-state index contributed by atoms with van der Waals surface area (Å²) in [5.41, 5.74) is 1.58. The number of anilines is 1. The molecule has 3 rings (SSSR count). The quantitative estimate of drug-likeness (QED) is 0.755. The molecule has 22 heavy (non-hydrogen) atoms. The van der Waals surface area contributed by atoms with E-state index in [9.17, 15) is 4.79 Å². The van der Waals surface area contributed by atoms with Gasteiger partial charge in [0.1, 0.15) is 6.20 Å². The summed E-state index contributed by atoms with van der Waals surface area (Å²) < 4.78 is 1.61. The van der Waals surface area contributed by atoms with Crippen molar-refractivity contribution >= 4 is 34.0 Å². The summed E-state index contributed by atoms with van der Waals surface area (Å²) >= 11 is 6.12. The van der Waals surface area contributed by atoms with Crippen molar-refractivity contribution in [1.82, 2.24) is 5.10 Å². The number of halogens is 1. The van der Waals surface area contributed by atoms with Crippen LogP contribution < -0.4 is 10.00 Å². The maximum absolute atomic E-state index is 12.2. The van der Waals surface area contributed by atoms with Crippen LogP contribution in [0.25, 0.3) is 10.8 Å². The van der Waals surface area contributed by atoms with Gasteiger partial charge in [0.15, 0.2) is 0 Å². The number of hydrogen-bond acceptors (Lipinski definition) is 2. The molecule has 0 atom stereocenters. The number of aryl methyl sites for hydroxylation is 1. The van der Waals surface area contributed by atoms with Crippen LogP contribution in [0, 0.1) is 6.92 Å². The molecule has 110 valence electrons. The van der Waals surface area contributed by atoms with Crippen molar-refractivity contribution in [2.24, 2.45) is 0 Å². The van der Waals surface area contributed by atoms with Crippen LogP contribution in [0.2, 0.25) is 5.02 Å². The third kappa shape index (κ3) is 3.07. The molecule has 0 fully saturated rings. The molecule has 1 amide bonds. The van der Waals surface area contributed by atoms with Crippen molar-refractivity contribution in [2.75, 3.05) is 5.32 Å². The lowest BCUT2D eigenvalue weighted by Crippen LogP contribution is -2.43. The standard InChI is InChI=1S/C17H14ClN3O/c1-12-5-4-8-15(18)17(12)20-16(22)11-21-10-14-7-3-2-6-13(14)9-19-21/h2-10H,11H2,1H3/p+1. The van der Waals surface area contributed by atoms with E-state index >= 15 is 0 Å². The summed E-state index contributed by atoms with van der Waals surface area (Å²) in [5, 5.41) is 9.72. The number of nitrogens with zero attached hydrogens (tertiary/aromatic N) is 2. The first-order chi connectivity index (χ1) is 10.6. The maximum Gasteiger partial charge on any atom is 0.292 e. The summed E-state index contributed by atoms with van der Waals surface area (Å²) in [6, 6.07) is 13.4. The van der Waals surface area contributed by atoms with Crippen LogP contribution in [-0.2, 0) is 11.3 Å². The van der Waals surface area contributed by atoms with E-state index in [2.05, 4.69) is 10.4 Å². The predicted molar refractivity (Wildman–Crippen MR) is 86.8 cm³/mol. The van der Waals surface area contributed by atoms with Gasteiger partial charge in [-0.1, -0.05) is 46.6 Å². The zero-order chi connectivity index (χ0) is 15.5. The zero-order valence-electron chi connectivity index (χ0n) is 12.1. The second-order valence-corrected chi connectivity index (χ2v) is 5.49. The minimum absolute atomic E-state index is 0.134. The van der Waals surface area contributed by atoms with Crippen LogP contribution in [0.1, 0.15) is 5.56 Å². The Morgan fingerprint density at radius 2 is 1.95 bits per heavy atom. The number of rotatable bonds is 3. The molecule has 1 N–H and O–H groups in total. The summed E-state index contributed by atoms with van der Waals surface area (Å²) in [6.07, 6.45) is 3.61. The Morgan fingerprint density at radius 1 is 1.18 bits per heavy atom. The highest BCUT2D eigenvalue weighted by Crippen LogP contribution is 2.24. The van der Waals surface area contributed by atoms with E-state index in [4.69, 9.17) is 11.6 Å². The van der Waals surface area contributed by atoms with Gasteiger partial charge in [-0.15, -0.1) is 0 Å². The lowest BCUT2D eigenvalue weighted by molar-refractivity contribution is -0.740. The van der Waals surface area contributed by atoms with Gasteiger partial charge in [-0.2, -0.15) is 0 Å². The van der Waals surface area contributed by atoms with Gasteiger partial charge in [-0.05, 0) is 29.7 Å². The number of nitrogens with one attached hydrogen (secondary N) is 1. The molecule has 1 heterocycles. The van der Waals surface area contributed by atoms with Gasteiger partial charge in [-0.3, -0.25) is 4.79 Å². The smallest absolute Gasteiger partial charge is 0.292 e. The van der Waals surface area contributed by atoms with Gasteiger partial charge in [0.2, 0.25) is 6.20 Å². The third-order valence-corrected chi connectivity index (χ3v) is 3.74. The van der Waals surface area contributed by atoms with E-state index in [1.807, 2.05) is 49.5 Å². The predicted octanol–water partition coefficient (Wildman–Crippen LogP) is 3.12. The largest absolute Gasteiger partial charge is 0.319 e.